The monoisotopic (exact) mass is 643 g/mol. The molecule has 0 unspecified atom stereocenters. The van der Waals surface area contributed by atoms with Gasteiger partial charge in [0.2, 0.25) is 0 Å². The van der Waals surface area contributed by atoms with Crippen LogP contribution in [0.3, 0.4) is 0 Å². The summed E-state index contributed by atoms with van der Waals surface area (Å²) in [7, 11) is 0. The Morgan fingerprint density at radius 1 is 0.408 bits per heavy atom. The van der Waals surface area contributed by atoms with Crippen molar-refractivity contribution in [2.75, 3.05) is 4.90 Å². The average Bonchev–Trinajstić information content (AvgIpc) is 3.74. The summed E-state index contributed by atoms with van der Waals surface area (Å²) in [5.74, 6) is 0. The smallest absolute Gasteiger partial charge is 0.137 e. The molecule has 2 heterocycles. The molecular formula is C46H29NOS. The highest BCUT2D eigenvalue weighted by Gasteiger charge is 2.23. The largest absolute Gasteiger partial charge is 0.456 e. The van der Waals surface area contributed by atoms with Gasteiger partial charge in [-0.05, 0) is 64.5 Å². The highest BCUT2D eigenvalue weighted by molar-refractivity contribution is 7.26. The van der Waals surface area contributed by atoms with Gasteiger partial charge in [-0.1, -0.05) is 127 Å². The molecule has 0 saturated heterocycles. The first-order valence-corrected chi connectivity index (χ1v) is 17.4. The van der Waals surface area contributed by atoms with Crippen molar-refractivity contribution in [3.63, 3.8) is 0 Å². The molecule has 0 saturated carbocycles. The van der Waals surface area contributed by atoms with E-state index >= 15 is 0 Å². The Hall–Kier alpha value is -6.16. The first-order chi connectivity index (χ1) is 24.3. The Bertz CT molecular complexity index is 2830. The van der Waals surface area contributed by atoms with Crippen LogP contribution in [0.5, 0.6) is 0 Å². The van der Waals surface area contributed by atoms with Gasteiger partial charge in [0.1, 0.15) is 11.2 Å². The average molecular weight is 644 g/mol. The fourth-order valence-electron chi connectivity index (χ4n) is 7.46. The molecule has 49 heavy (non-hydrogen) atoms. The molecule has 0 bridgehead atoms. The molecular weight excluding hydrogens is 615 g/mol. The number of hydrogen-bond acceptors (Lipinski definition) is 3. The first kappa shape index (κ1) is 27.9. The third-order valence-corrected chi connectivity index (χ3v) is 10.9. The molecule has 0 aliphatic heterocycles. The van der Waals surface area contributed by atoms with Crippen molar-refractivity contribution in [1.82, 2.24) is 0 Å². The van der Waals surface area contributed by atoms with E-state index in [9.17, 15) is 0 Å². The lowest BCUT2D eigenvalue weighted by Gasteiger charge is -2.28. The van der Waals surface area contributed by atoms with Crippen LogP contribution < -0.4 is 4.90 Å². The van der Waals surface area contributed by atoms with Crippen molar-refractivity contribution in [1.29, 1.82) is 0 Å². The van der Waals surface area contributed by atoms with E-state index < -0.39 is 0 Å². The van der Waals surface area contributed by atoms with Gasteiger partial charge in [-0.25, -0.2) is 0 Å². The second-order valence-electron chi connectivity index (χ2n) is 12.5. The normalized spacial score (nSPS) is 11.7. The fraction of sp³-hybridized carbons (Fsp3) is 0. The van der Waals surface area contributed by atoms with Gasteiger partial charge in [-0.2, -0.15) is 0 Å². The van der Waals surface area contributed by atoms with Gasteiger partial charge < -0.3 is 9.32 Å². The molecule has 3 heteroatoms. The molecule has 230 valence electrons. The second kappa shape index (κ2) is 11.2. The molecule has 10 aromatic rings. The number of furan rings is 1. The topological polar surface area (TPSA) is 16.4 Å². The van der Waals surface area contributed by atoms with E-state index in [2.05, 4.69) is 169 Å². The Morgan fingerprint density at radius 2 is 1.04 bits per heavy atom. The van der Waals surface area contributed by atoms with Crippen molar-refractivity contribution in [2.24, 2.45) is 0 Å². The summed E-state index contributed by atoms with van der Waals surface area (Å²) < 4.78 is 9.03. The molecule has 2 aromatic heterocycles. The molecule has 0 amide bonds. The van der Waals surface area contributed by atoms with Crippen LogP contribution in [-0.2, 0) is 0 Å². The Kier molecular flexibility index (Phi) is 6.39. The Labute approximate surface area is 287 Å². The number of rotatable bonds is 5. The predicted octanol–water partition coefficient (Wildman–Crippen LogP) is 13.9. The fourth-order valence-corrected chi connectivity index (χ4v) is 8.71. The zero-order valence-corrected chi connectivity index (χ0v) is 27.3. The first-order valence-electron chi connectivity index (χ1n) is 16.6. The third-order valence-electron chi connectivity index (χ3n) is 9.66. The number of hydrogen-bond donors (Lipinski definition) is 0. The van der Waals surface area contributed by atoms with Crippen molar-refractivity contribution in [3.05, 3.63) is 176 Å². The van der Waals surface area contributed by atoms with E-state index in [1.54, 1.807) is 0 Å². The highest BCUT2D eigenvalue weighted by Crippen LogP contribution is 2.50. The van der Waals surface area contributed by atoms with Gasteiger partial charge in [-0.15, -0.1) is 11.3 Å². The van der Waals surface area contributed by atoms with Crippen LogP contribution in [0.25, 0.3) is 75.1 Å². The van der Waals surface area contributed by atoms with E-state index in [0.717, 1.165) is 39.0 Å². The number of benzene rings is 8. The summed E-state index contributed by atoms with van der Waals surface area (Å²) in [5.41, 5.74) is 9.88. The van der Waals surface area contributed by atoms with E-state index in [1.807, 2.05) is 23.5 Å². The Balaban J connectivity index is 1.31. The molecule has 0 aliphatic rings. The maximum absolute atomic E-state index is 6.46. The molecule has 8 aromatic carbocycles. The molecule has 10 rings (SSSR count). The van der Waals surface area contributed by atoms with E-state index in [-0.39, 0.29) is 0 Å². The van der Waals surface area contributed by atoms with Crippen LogP contribution in [-0.4, -0.2) is 0 Å². The molecule has 0 N–H and O–H groups in total. The summed E-state index contributed by atoms with van der Waals surface area (Å²) in [6, 6.07) is 63.1. The van der Waals surface area contributed by atoms with Gasteiger partial charge in [0.15, 0.2) is 0 Å². The van der Waals surface area contributed by atoms with Crippen molar-refractivity contribution >= 4 is 81.3 Å². The van der Waals surface area contributed by atoms with Gasteiger partial charge in [0.05, 0.1) is 11.4 Å². The van der Waals surface area contributed by atoms with Crippen LogP contribution in [0.15, 0.2) is 180 Å². The number of anilines is 3. The second-order valence-corrected chi connectivity index (χ2v) is 13.5. The summed E-state index contributed by atoms with van der Waals surface area (Å²) in [6.45, 7) is 0. The molecule has 0 fully saturated rings. The minimum absolute atomic E-state index is 0.876. The summed E-state index contributed by atoms with van der Waals surface area (Å²) in [5, 5.41) is 7.32. The Morgan fingerprint density at radius 3 is 1.86 bits per heavy atom. The lowest BCUT2D eigenvalue weighted by atomic mass is 9.95. The van der Waals surface area contributed by atoms with Crippen LogP contribution in [0.4, 0.5) is 17.1 Å². The molecule has 0 spiro atoms. The van der Waals surface area contributed by atoms with E-state index in [0.29, 0.717) is 0 Å². The minimum atomic E-state index is 0.876. The summed E-state index contributed by atoms with van der Waals surface area (Å²) in [6.07, 6.45) is 0. The molecule has 0 aliphatic carbocycles. The maximum atomic E-state index is 6.46. The standard InChI is InChI=1S/C46H29NOS/c1-3-14-30(15-4-1)33-18-9-11-22-40(33)47(32-26-27-36-35-20-10-12-24-42(35)48-43(36)28-32)41-23-13-25-44-45(41)39-29-38(31-16-5-2-6-17-31)34-19-7-8-21-37(34)46(39)49-44/h1-29H. The van der Waals surface area contributed by atoms with Crippen LogP contribution in [0.2, 0.25) is 0 Å². The zero-order chi connectivity index (χ0) is 32.3. The summed E-state index contributed by atoms with van der Waals surface area (Å²) in [4.78, 5) is 2.43. The van der Waals surface area contributed by atoms with Crippen molar-refractivity contribution in [3.8, 4) is 22.3 Å². The lowest BCUT2D eigenvalue weighted by molar-refractivity contribution is 0.669. The molecule has 0 atom stereocenters. The van der Waals surface area contributed by atoms with Gasteiger partial charge in [-0.3, -0.25) is 0 Å². The number of thiophene rings is 1. The minimum Gasteiger partial charge on any atom is -0.456 e. The predicted molar refractivity (Wildman–Crippen MR) is 210 cm³/mol. The van der Waals surface area contributed by atoms with Gasteiger partial charge in [0.25, 0.3) is 0 Å². The lowest BCUT2D eigenvalue weighted by Crippen LogP contribution is -2.11. The quantitative estimate of drug-likeness (QED) is 0.186. The highest BCUT2D eigenvalue weighted by atomic mass is 32.1. The molecule has 2 nitrogen and oxygen atoms in total. The SMILES string of the molecule is c1ccc(-c2ccccc2N(c2ccc3c(c2)oc2ccccc23)c2cccc3sc4c5ccccc5c(-c5ccccc5)cc4c23)cc1. The van der Waals surface area contributed by atoms with Crippen molar-refractivity contribution < 1.29 is 4.42 Å². The van der Waals surface area contributed by atoms with Crippen LogP contribution in [0, 0.1) is 0 Å². The number of fused-ring (bicyclic) bond motifs is 8. The number of nitrogens with zero attached hydrogens (tertiary/aromatic N) is 1. The zero-order valence-electron chi connectivity index (χ0n) is 26.5. The van der Waals surface area contributed by atoms with Crippen molar-refractivity contribution in [2.45, 2.75) is 0 Å². The number of para-hydroxylation sites is 2. The summed E-state index contributed by atoms with van der Waals surface area (Å²) >= 11 is 1.88. The van der Waals surface area contributed by atoms with Crippen LogP contribution >= 0.6 is 11.3 Å². The third kappa shape index (κ3) is 4.47. The van der Waals surface area contributed by atoms with Gasteiger partial charge in [0, 0.05) is 53.6 Å². The van der Waals surface area contributed by atoms with Crippen LogP contribution in [0.1, 0.15) is 0 Å². The van der Waals surface area contributed by atoms with E-state index in [1.165, 1.54) is 53.2 Å². The van der Waals surface area contributed by atoms with Gasteiger partial charge >= 0.3 is 0 Å². The molecule has 0 radical (unpaired) electrons. The maximum Gasteiger partial charge on any atom is 0.137 e. The van der Waals surface area contributed by atoms with E-state index in [4.69, 9.17) is 4.42 Å².